The Morgan fingerprint density at radius 2 is 2.00 bits per heavy atom. The van der Waals surface area contributed by atoms with Crippen LogP contribution in [0.3, 0.4) is 0 Å². The lowest BCUT2D eigenvalue weighted by Gasteiger charge is -1.96. The average molecular weight is 192 g/mol. The molecule has 0 N–H and O–H groups in total. The Labute approximate surface area is 80.2 Å². The third kappa shape index (κ3) is 1.72. The van der Waals surface area contributed by atoms with Gasteiger partial charge in [-0.05, 0) is 12.3 Å². The van der Waals surface area contributed by atoms with Crippen LogP contribution in [-0.2, 0) is 0 Å². The van der Waals surface area contributed by atoms with Gasteiger partial charge in [-0.1, -0.05) is 11.8 Å². The molecule has 13 heavy (non-hydrogen) atoms. The van der Waals surface area contributed by atoms with Crippen molar-refractivity contribution in [1.82, 2.24) is 9.97 Å². The number of rotatable bonds is 2. The van der Waals surface area contributed by atoms with E-state index in [1.54, 1.807) is 24.9 Å². The van der Waals surface area contributed by atoms with Crippen LogP contribution in [0.4, 0.5) is 0 Å². The first-order valence-corrected chi connectivity index (χ1v) is 5.01. The maximum absolute atomic E-state index is 4.96. The first-order valence-electron chi connectivity index (χ1n) is 3.79. The highest BCUT2D eigenvalue weighted by Gasteiger charge is 1.99. The molecule has 2 heterocycles. The molecule has 0 saturated heterocycles. The largest absolute Gasteiger partial charge is 0.472 e. The van der Waals surface area contributed by atoms with Crippen LogP contribution in [0.2, 0.25) is 0 Å². The molecule has 0 aliphatic rings. The van der Waals surface area contributed by atoms with Gasteiger partial charge in [0.05, 0.1) is 12.5 Å². The van der Waals surface area contributed by atoms with Crippen molar-refractivity contribution in [3.63, 3.8) is 0 Å². The maximum Gasteiger partial charge on any atom is 0.187 e. The van der Waals surface area contributed by atoms with Gasteiger partial charge in [0.15, 0.2) is 5.16 Å². The van der Waals surface area contributed by atoms with Gasteiger partial charge < -0.3 is 4.42 Å². The lowest BCUT2D eigenvalue weighted by atomic mass is 10.2. The van der Waals surface area contributed by atoms with Gasteiger partial charge in [0, 0.05) is 23.5 Å². The van der Waals surface area contributed by atoms with E-state index in [1.807, 2.05) is 12.3 Å². The summed E-state index contributed by atoms with van der Waals surface area (Å²) >= 11 is 1.53. The summed E-state index contributed by atoms with van der Waals surface area (Å²) < 4.78 is 4.96. The molecule has 2 aromatic rings. The zero-order valence-electron chi connectivity index (χ0n) is 7.10. The highest BCUT2D eigenvalue weighted by molar-refractivity contribution is 7.98. The third-order valence-corrected chi connectivity index (χ3v) is 2.24. The number of furan rings is 1. The summed E-state index contributed by atoms with van der Waals surface area (Å²) in [5.41, 5.74) is 1.99. The van der Waals surface area contributed by atoms with Crippen molar-refractivity contribution in [3.05, 3.63) is 31.0 Å². The first-order chi connectivity index (χ1) is 6.40. The predicted molar refractivity (Wildman–Crippen MR) is 51.5 cm³/mol. The SMILES string of the molecule is CSc1ncc(-c2ccoc2)cn1. The van der Waals surface area contributed by atoms with Crippen molar-refractivity contribution in [2.45, 2.75) is 5.16 Å². The molecule has 0 atom stereocenters. The topological polar surface area (TPSA) is 38.9 Å². The van der Waals surface area contributed by atoms with E-state index < -0.39 is 0 Å². The van der Waals surface area contributed by atoms with Crippen molar-refractivity contribution in [2.24, 2.45) is 0 Å². The van der Waals surface area contributed by atoms with Gasteiger partial charge in [-0.15, -0.1) is 0 Å². The Hall–Kier alpha value is -1.29. The van der Waals surface area contributed by atoms with E-state index in [4.69, 9.17) is 4.42 Å². The normalized spacial score (nSPS) is 10.2. The molecule has 3 nitrogen and oxygen atoms in total. The molecule has 0 aromatic carbocycles. The van der Waals surface area contributed by atoms with Crippen molar-refractivity contribution in [2.75, 3.05) is 6.26 Å². The van der Waals surface area contributed by atoms with Crippen molar-refractivity contribution >= 4 is 11.8 Å². The Bertz CT molecular complexity index is 369. The van der Waals surface area contributed by atoms with Gasteiger partial charge in [0.1, 0.15) is 0 Å². The quantitative estimate of drug-likeness (QED) is 0.541. The molecule has 0 aliphatic carbocycles. The number of hydrogen-bond acceptors (Lipinski definition) is 4. The molecule has 0 aliphatic heterocycles. The van der Waals surface area contributed by atoms with Crippen LogP contribution < -0.4 is 0 Å². The van der Waals surface area contributed by atoms with Gasteiger partial charge in [-0.2, -0.15) is 0 Å². The van der Waals surface area contributed by atoms with E-state index in [0.29, 0.717) is 0 Å². The fourth-order valence-electron chi connectivity index (χ4n) is 0.999. The van der Waals surface area contributed by atoms with Crippen molar-refractivity contribution < 1.29 is 4.42 Å². The molecule has 0 saturated carbocycles. The number of hydrogen-bond donors (Lipinski definition) is 0. The van der Waals surface area contributed by atoms with Crippen LogP contribution in [0, 0.1) is 0 Å². The second-order valence-electron chi connectivity index (χ2n) is 2.47. The van der Waals surface area contributed by atoms with Gasteiger partial charge in [0.25, 0.3) is 0 Å². The summed E-state index contributed by atoms with van der Waals surface area (Å²) in [5.74, 6) is 0. The maximum atomic E-state index is 4.96. The molecule has 0 fully saturated rings. The summed E-state index contributed by atoms with van der Waals surface area (Å²) in [6.45, 7) is 0. The van der Waals surface area contributed by atoms with Crippen LogP contribution in [0.25, 0.3) is 11.1 Å². The molecular formula is C9H8N2OS. The van der Waals surface area contributed by atoms with Gasteiger partial charge in [0.2, 0.25) is 0 Å². The molecule has 0 amide bonds. The monoisotopic (exact) mass is 192 g/mol. The Kier molecular flexibility index (Phi) is 2.31. The minimum atomic E-state index is 0.784. The lowest BCUT2D eigenvalue weighted by molar-refractivity contribution is 0.568. The summed E-state index contributed by atoms with van der Waals surface area (Å²) in [5, 5.41) is 0.784. The molecule has 4 heteroatoms. The molecular weight excluding hydrogens is 184 g/mol. The standard InChI is InChI=1S/C9H8N2OS/c1-13-9-10-4-8(5-11-9)7-2-3-12-6-7/h2-6H,1H3. The van der Waals surface area contributed by atoms with Gasteiger partial charge in [-0.25, -0.2) is 9.97 Å². The molecule has 0 radical (unpaired) electrons. The second-order valence-corrected chi connectivity index (χ2v) is 3.24. The minimum Gasteiger partial charge on any atom is -0.472 e. The second kappa shape index (κ2) is 3.62. The van der Waals surface area contributed by atoms with Crippen LogP contribution in [0.1, 0.15) is 0 Å². The summed E-state index contributed by atoms with van der Waals surface area (Å²) in [4.78, 5) is 8.33. The minimum absolute atomic E-state index is 0.784. The zero-order valence-corrected chi connectivity index (χ0v) is 7.91. The number of nitrogens with zero attached hydrogens (tertiary/aromatic N) is 2. The summed E-state index contributed by atoms with van der Waals surface area (Å²) in [7, 11) is 0. The fourth-order valence-corrected chi connectivity index (χ4v) is 1.32. The Balaban J connectivity index is 2.33. The number of aromatic nitrogens is 2. The predicted octanol–water partition coefficient (Wildman–Crippen LogP) is 2.46. The molecule has 2 aromatic heterocycles. The molecule has 0 spiro atoms. The zero-order chi connectivity index (χ0) is 9.10. The van der Waals surface area contributed by atoms with Crippen LogP contribution in [0.5, 0.6) is 0 Å². The molecule has 0 unspecified atom stereocenters. The Morgan fingerprint density at radius 3 is 2.54 bits per heavy atom. The van der Waals surface area contributed by atoms with Gasteiger partial charge in [-0.3, -0.25) is 0 Å². The number of thioether (sulfide) groups is 1. The molecule has 66 valence electrons. The average Bonchev–Trinajstić information content (AvgIpc) is 2.71. The lowest BCUT2D eigenvalue weighted by Crippen LogP contribution is -1.85. The van der Waals surface area contributed by atoms with E-state index in [-0.39, 0.29) is 0 Å². The van der Waals surface area contributed by atoms with E-state index in [9.17, 15) is 0 Å². The highest BCUT2D eigenvalue weighted by atomic mass is 32.2. The highest BCUT2D eigenvalue weighted by Crippen LogP contribution is 2.18. The first kappa shape index (κ1) is 8.31. The van der Waals surface area contributed by atoms with Crippen molar-refractivity contribution in [3.8, 4) is 11.1 Å². The van der Waals surface area contributed by atoms with Crippen LogP contribution in [-0.4, -0.2) is 16.2 Å². The Morgan fingerprint density at radius 1 is 1.23 bits per heavy atom. The van der Waals surface area contributed by atoms with Crippen LogP contribution in [0.15, 0.2) is 40.6 Å². The molecule has 2 rings (SSSR count). The van der Waals surface area contributed by atoms with E-state index >= 15 is 0 Å². The summed E-state index contributed by atoms with van der Waals surface area (Å²) in [6.07, 6.45) is 8.86. The van der Waals surface area contributed by atoms with E-state index in [0.717, 1.165) is 16.3 Å². The van der Waals surface area contributed by atoms with Crippen LogP contribution >= 0.6 is 11.8 Å². The van der Waals surface area contributed by atoms with E-state index in [2.05, 4.69) is 9.97 Å². The third-order valence-electron chi connectivity index (χ3n) is 1.67. The van der Waals surface area contributed by atoms with Crippen molar-refractivity contribution in [1.29, 1.82) is 0 Å². The summed E-state index contributed by atoms with van der Waals surface area (Å²) in [6, 6.07) is 1.89. The smallest absolute Gasteiger partial charge is 0.187 e. The fraction of sp³-hybridized carbons (Fsp3) is 0.111. The molecule has 0 bridgehead atoms. The van der Waals surface area contributed by atoms with E-state index in [1.165, 1.54) is 11.8 Å². The van der Waals surface area contributed by atoms with Gasteiger partial charge >= 0.3 is 0 Å².